The normalized spacial score (nSPS) is 15.2. The molecule has 33 heavy (non-hydrogen) atoms. The summed E-state index contributed by atoms with van der Waals surface area (Å²) < 4.78 is 18.4. The summed E-state index contributed by atoms with van der Waals surface area (Å²) >= 11 is 1.21. The molecule has 1 aliphatic rings. The Bertz CT molecular complexity index is 1380. The molecule has 5 rings (SSSR count). The van der Waals surface area contributed by atoms with Crippen LogP contribution in [0.1, 0.15) is 35.7 Å². The number of likely N-dealkylation sites (tertiary alicyclic amines) is 1. The Hall–Kier alpha value is -3.22. The van der Waals surface area contributed by atoms with Crippen molar-refractivity contribution in [3.05, 3.63) is 59.6 Å². The van der Waals surface area contributed by atoms with Crippen LogP contribution in [0, 0.1) is 31.0 Å². The largest absolute Gasteiger partial charge is 0.306 e. The predicted octanol–water partition coefficient (Wildman–Crippen LogP) is 4.64. The van der Waals surface area contributed by atoms with Crippen molar-refractivity contribution in [2.45, 2.75) is 42.7 Å². The minimum Gasteiger partial charge on any atom is -0.306 e. The van der Waals surface area contributed by atoms with Crippen molar-refractivity contribution >= 4 is 17.3 Å². The average Bonchev–Trinajstić information content (AvgIpc) is 3.39. The van der Waals surface area contributed by atoms with Crippen LogP contribution < -0.4 is 0 Å². The van der Waals surface area contributed by atoms with Gasteiger partial charge in [-0.3, -0.25) is 4.68 Å². The first kappa shape index (κ1) is 21.6. The van der Waals surface area contributed by atoms with Crippen molar-refractivity contribution in [3.8, 4) is 17.2 Å². The van der Waals surface area contributed by atoms with Gasteiger partial charge in [0.05, 0.1) is 29.5 Å². The Morgan fingerprint density at radius 1 is 1.12 bits per heavy atom. The fourth-order valence-electron chi connectivity index (χ4n) is 4.41. The van der Waals surface area contributed by atoms with Crippen LogP contribution in [0.4, 0.5) is 4.39 Å². The molecule has 5 heterocycles. The van der Waals surface area contributed by atoms with E-state index in [9.17, 15) is 9.65 Å². The van der Waals surface area contributed by atoms with Gasteiger partial charge in [-0.15, -0.1) is 0 Å². The fourth-order valence-corrected chi connectivity index (χ4v) is 5.36. The van der Waals surface area contributed by atoms with Crippen LogP contribution in [-0.4, -0.2) is 49.4 Å². The van der Waals surface area contributed by atoms with Crippen LogP contribution in [0.2, 0.25) is 0 Å². The maximum atomic E-state index is 14.6. The molecule has 0 N–H and O–H groups in total. The summed E-state index contributed by atoms with van der Waals surface area (Å²) in [6.45, 7) is 6.01. The summed E-state index contributed by atoms with van der Waals surface area (Å²) in [4.78, 5) is 7.33. The van der Waals surface area contributed by atoms with E-state index >= 15 is 0 Å². The number of hydrogen-bond acceptors (Lipinski definition) is 6. The summed E-state index contributed by atoms with van der Waals surface area (Å²) in [5, 5.41) is 19.0. The SMILES string of the molecule is Cc1cnc(Sc2cc(-c3cnn(C4CCN(C)CC4)c3C)cn3ncc(C#N)c23)c(F)c1. The Morgan fingerprint density at radius 2 is 1.91 bits per heavy atom. The number of nitriles is 1. The average molecular weight is 462 g/mol. The van der Waals surface area contributed by atoms with Gasteiger partial charge in [-0.25, -0.2) is 13.9 Å². The van der Waals surface area contributed by atoms with Gasteiger partial charge in [0.25, 0.3) is 0 Å². The highest BCUT2D eigenvalue weighted by Gasteiger charge is 2.23. The molecule has 4 aromatic heterocycles. The number of rotatable bonds is 4. The first-order chi connectivity index (χ1) is 15.9. The minimum absolute atomic E-state index is 0.267. The molecule has 1 aliphatic heterocycles. The molecule has 0 aliphatic carbocycles. The molecule has 4 aromatic rings. The quantitative estimate of drug-likeness (QED) is 0.441. The molecule has 0 unspecified atom stereocenters. The van der Waals surface area contributed by atoms with Gasteiger partial charge < -0.3 is 4.90 Å². The first-order valence-electron chi connectivity index (χ1n) is 10.9. The molecule has 0 bridgehead atoms. The maximum absolute atomic E-state index is 14.6. The highest BCUT2D eigenvalue weighted by atomic mass is 32.2. The van der Waals surface area contributed by atoms with E-state index in [-0.39, 0.29) is 10.8 Å². The molecular weight excluding hydrogens is 437 g/mol. The Balaban J connectivity index is 1.58. The van der Waals surface area contributed by atoms with Crippen LogP contribution in [0.25, 0.3) is 16.6 Å². The first-order valence-corrected chi connectivity index (χ1v) is 11.7. The van der Waals surface area contributed by atoms with Gasteiger partial charge in [-0.1, -0.05) is 11.8 Å². The van der Waals surface area contributed by atoms with E-state index in [2.05, 4.69) is 39.7 Å². The monoisotopic (exact) mass is 461 g/mol. The van der Waals surface area contributed by atoms with Gasteiger partial charge in [-0.05, 0) is 64.5 Å². The lowest BCUT2D eigenvalue weighted by Crippen LogP contribution is -2.32. The van der Waals surface area contributed by atoms with Gasteiger partial charge in [0.15, 0.2) is 5.82 Å². The highest BCUT2D eigenvalue weighted by Crippen LogP contribution is 2.37. The van der Waals surface area contributed by atoms with E-state index in [1.54, 1.807) is 17.6 Å². The molecule has 9 heteroatoms. The third-order valence-electron chi connectivity index (χ3n) is 6.24. The van der Waals surface area contributed by atoms with Gasteiger partial charge >= 0.3 is 0 Å². The second-order valence-electron chi connectivity index (χ2n) is 8.58. The van der Waals surface area contributed by atoms with Gasteiger partial charge in [0.2, 0.25) is 0 Å². The topological polar surface area (TPSA) is 75.0 Å². The highest BCUT2D eigenvalue weighted by molar-refractivity contribution is 7.99. The van der Waals surface area contributed by atoms with Crippen LogP contribution >= 0.6 is 11.8 Å². The van der Waals surface area contributed by atoms with E-state index in [1.807, 2.05) is 18.5 Å². The Kier molecular flexibility index (Phi) is 5.64. The number of pyridine rings is 2. The van der Waals surface area contributed by atoms with Crippen molar-refractivity contribution in [2.24, 2.45) is 0 Å². The lowest BCUT2D eigenvalue weighted by molar-refractivity contribution is 0.210. The molecule has 0 aromatic carbocycles. The lowest BCUT2D eigenvalue weighted by atomic mass is 10.0. The smallest absolute Gasteiger partial charge is 0.156 e. The van der Waals surface area contributed by atoms with Crippen molar-refractivity contribution < 1.29 is 4.39 Å². The number of aromatic nitrogens is 5. The summed E-state index contributed by atoms with van der Waals surface area (Å²) in [6, 6.07) is 6.02. The van der Waals surface area contributed by atoms with E-state index < -0.39 is 0 Å². The molecule has 7 nitrogen and oxygen atoms in total. The molecule has 0 saturated carbocycles. The fraction of sp³-hybridized carbons (Fsp3) is 0.333. The van der Waals surface area contributed by atoms with Gasteiger partial charge in [-0.2, -0.15) is 15.5 Å². The third kappa shape index (κ3) is 4.01. The van der Waals surface area contributed by atoms with Crippen LogP contribution in [0.5, 0.6) is 0 Å². The summed E-state index contributed by atoms with van der Waals surface area (Å²) in [5.74, 6) is -0.382. The second-order valence-corrected chi connectivity index (χ2v) is 9.61. The van der Waals surface area contributed by atoms with Gasteiger partial charge in [0, 0.05) is 34.1 Å². The maximum Gasteiger partial charge on any atom is 0.156 e. The number of halogens is 1. The zero-order chi connectivity index (χ0) is 23.1. The molecule has 1 fully saturated rings. The molecule has 168 valence electrons. The molecular formula is C24H24FN7S. The molecule has 0 atom stereocenters. The standard InChI is InChI=1S/C24H24FN7S/c1-15-8-21(25)24(27-11-15)33-22-9-17(14-31-23(22)18(10-26)12-28-31)20-13-29-32(16(20)2)19-4-6-30(3)7-5-19/h8-9,11-14,19H,4-7H2,1-3H3. The number of nitrogens with zero attached hydrogens (tertiary/aromatic N) is 7. The van der Waals surface area contributed by atoms with E-state index in [4.69, 9.17) is 5.10 Å². The Morgan fingerprint density at radius 3 is 2.64 bits per heavy atom. The molecule has 1 saturated heterocycles. The zero-order valence-electron chi connectivity index (χ0n) is 18.8. The van der Waals surface area contributed by atoms with Crippen molar-refractivity contribution in [3.63, 3.8) is 0 Å². The van der Waals surface area contributed by atoms with E-state index in [1.165, 1.54) is 24.0 Å². The molecule has 0 amide bonds. The van der Waals surface area contributed by atoms with Crippen molar-refractivity contribution in [2.75, 3.05) is 20.1 Å². The molecule has 0 spiro atoms. The molecule has 0 radical (unpaired) electrons. The van der Waals surface area contributed by atoms with Crippen LogP contribution in [0.15, 0.2) is 46.8 Å². The minimum atomic E-state index is -0.382. The van der Waals surface area contributed by atoms with Crippen molar-refractivity contribution in [1.29, 1.82) is 5.26 Å². The lowest BCUT2D eigenvalue weighted by Gasteiger charge is -2.29. The van der Waals surface area contributed by atoms with Crippen LogP contribution in [-0.2, 0) is 0 Å². The number of aryl methyl sites for hydroxylation is 1. The predicted molar refractivity (Wildman–Crippen MR) is 125 cm³/mol. The van der Waals surface area contributed by atoms with Gasteiger partial charge in [0.1, 0.15) is 11.1 Å². The van der Waals surface area contributed by atoms with Crippen LogP contribution in [0.3, 0.4) is 0 Å². The van der Waals surface area contributed by atoms with E-state index in [0.29, 0.717) is 17.1 Å². The second kappa shape index (κ2) is 8.61. The Labute approximate surface area is 195 Å². The number of piperidine rings is 1. The van der Waals surface area contributed by atoms with Crippen molar-refractivity contribution in [1.82, 2.24) is 29.3 Å². The van der Waals surface area contributed by atoms with E-state index in [0.717, 1.165) is 53.2 Å². The summed E-state index contributed by atoms with van der Waals surface area (Å²) in [7, 11) is 2.15. The number of fused-ring (bicyclic) bond motifs is 1. The summed E-state index contributed by atoms with van der Waals surface area (Å²) in [6.07, 6.45) is 9.12. The zero-order valence-corrected chi connectivity index (χ0v) is 19.6. The summed E-state index contributed by atoms with van der Waals surface area (Å²) in [5.41, 5.74) is 4.86. The third-order valence-corrected chi connectivity index (χ3v) is 7.26. The number of hydrogen-bond donors (Lipinski definition) is 0.